The van der Waals surface area contributed by atoms with E-state index >= 15 is 0 Å². The molecule has 0 saturated carbocycles. The van der Waals surface area contributed by atoms with Crippen molar-refractivity contribution < 1.29 is 27.6 Å². The van der Waals surface area contributed by atoms with Crippen LogP contribution in [-0.2, 0) is 11.3 Å². The van der Waals surface area contributed by atoms with Gasteiger partial charge in [-0.3, -0.25) is 0 Å². The van der Waals surface area contributed by atoms with Crippen molar-refractivity contribution in [1.29, 1.82) is 0 Å². The zero-order chi connectivity index (χ0) is 24.0. The normalized spacial score (nSPS) is 11.2. The van der Waals surface area contributed by atoms with Crippen LogP contribution in [0.3, 0.4) is 0 Å². The van der Waals surface area contributed by atoms with Crippen LogP contribution < -0.4 is 0 Å². The van der Waals surface area contributed by atoms with Gasteiger partial charge in [0, 0.05) is 18.3 Å². The Bertz CT molecular complexity index is 1170. The number of carboxylic acid groups (broad SMARTS) is 1. The highest BCUT2D eigenvalue weighted by atomic mass is 19.4. The minimum Gasteiger partial charge on any atom is -0.475 e. The predicted octanol–water partition coefficient (Wildman–Crippen LogP) is 3.07. The van der Waals surface area contributed by atoms with Crippen LogP contribution in [0, 0.1) is 0 Å². The second-order valence-electron chi connectivity index (χ2n) is 6.91. The molecule has 33 heavy (non-hydrogen) atoms. The van der Waals surface area contributed by atoms with Crippen molar-refractivity contribution in [2.45, 2.75) is 12.7 Å². The Balaban J connectivity index is 0.000000383. The first-order valence-electron chi connectivity index (χ1n) is 9.33. The van der Waals surface area contributed by atoms with Gasteiger partial charge < -0.3 is 14.5 Å². The number of hydrogen-bond donors (Lipinski definition) is 1. The number of carboxylic acids is 1. The van der Waals surface area contributed by atoms with E-state index in [-0.39, 0.29) is 0 Å². The van der Waals surface area contributed by atoms with Gasteiger partial charge in [-0.2, -0.15) is 23.3 Å². The second kappa shape index (κ2) is 9.99. The molecule has 0 spiro atoms. The number of carbonyl (C=O) groups is 1. The smallest absolute Gasteiger partial charge is 0.475 e. The van der Waals surface area contributed by atoms with Crippen molar-refractivity contribution in [3.05, 3.63) is 60.8 Å². The molecule has 0 aliphatic heterocycles. The summed E-state index contributed by atoms with van der Waals surface area (Å²) in [6, 6.07) is 11.8. The third kappa shape index (κ3) is 6.43. The van der Waals surface area contributed by atoms with Gasteiger partial charge in [-0.1, -0.05) is 29.4 Å². The summed E-state index contributed by atoms with van der Waals surface area (Å²) in [5, 5.41) is 15.2. The van der Waals surface area contributed by atoms with E-state index in [0.717, 1.165) is 17.7 Å². The fourth-order valence-electron chi connectivity index (χ4n) is 2.56. The molecule has 0 fully saturated rings. The van der Waals surface area contributed by atoms with E-state index in [1.807, 2.05) is 38.4 Å². The van der Waals surface area contributed by atoms with Crippen LogP contribution in [0.25, 0.3) is 28.7 Å². The van der Waals surface area contributed by atoms with Gasteiger partial charge in [-0.05, 0) is 31.8 Å². The number of alkyl halides is 3. The van der Waals surface area contributed by atoms with Crippen molar-refractivity contribution in [2.24, 2.45) is 0 Å². The Hall–Kier alpha value is -4.13. The molecule has 13 heteroatoms. The molecule has 0 radical (unpaired) electrons. The lowest BCUT2D eigenvalue weighted by atomic mass is 10.1. The number of hydrogen-bond acceptors (Lipinski definition) is 8. The number of nitrogens with zero attached hydrogens (tertiary/aromatic N) is 7. The monoisotopic (exact) mass is 461 g/mol. The summed E-state index contributed by atoms with van der Waals surface area (Å²) in [6.07, 6.45) is -0.356. The molecule has 10 nitrogen and oxygen atoms in total. The first-order chi connectivity index (χ1) is 15.6. The Morgan fingerprint density at radius 1 is 1.12 bits per heavy atom. The molecule has 0 bridgehead atoms. The maximum atomic E-state index is 10.6. The number of rotatable bonds is 5. The molecule has 0 aliphatic carbocycles. The molecule has 3 heterocycles. The molecular formula is C20H18F3N7O3. The third-order valence-corrected chi connectivity index (χ3v) is 4.03. The molecular weight excluding hydrogens is 443 g/mol. The average molecular weight is 461 g/mol. The van der Waals surface area contributed by atoms with Gasteiger partial charge in [0.25, 0.3) is 5.89 Å². The summed E-state index contributed by atoms with van der Waals surface area (Å²) in [5.41, 5.74) is 2.89. The summed E-state index contributed by atoms with van der Waals surface area (Å²) >= 11 is 0. The van der Waals surface area contributed by atoms with Crippen molar-refractivity contribution >= 4 is 5.97 Å². The van der Waals surface area contributed by atoms with Crippen LogP contribution in [-0.4, -0.2) is 66.1 Å². The molecule has 172 valence electrons. The van der Waals surface area contributed by atoms with Crippen LogP contribution in [0.5, 0.6) is 0 Å². The Kier molecular flexibility index (Phi) is 7.13. The lowest BCUT2D eigenvalue weighted by molar-refractivity contribution is -0.192. The maximum Gasteiger partial charge on any atom is 0.490 e. The first kappa shape index (κ1) is 23.5. The number of halogens is 3. The Morgan fingerprint density at radius 3 is 2.30 bits per heavy atom. The highest BCUT2D eigenvalue weighted by Gasteiger charge is 2.38. The molecule has 0 aliphatic rings. The van der Waals surface area contributed by atoms with Crippen molar-refractivity contribution in [3.8, 4) is 28.7 Å². The summed E-state index contributed by atoms with van der Waals surface area (Å²) in [5.74, 6) is -1.11. The van der Waals surface area contributed by atoms with Crippen LogP contribution in [0.4, 0.5) is 13.2 Å². The highest BCUT2D eigenvalue weighted by molar-refractivity contribution is 5.73. The molecule has 3 aromatic heterocycles. The molecule has 0 saturated heterocycles. The van der Waals surface area contributed by atoms with Crippen LogP contribution in [0.2, 0.25) is 0 Å². The zero-order valence-corrected chi connectivity index (χ0v) is 17.4. The van der Waals surface area contributed by atoms with Crippen molar-refractivity contribution in [2.75, 3.05) is 14.1 Å². The molecule has 1 aromatic carbocycles. The van der Waals surface area contributed by atoms with Gasteiger partial charge in [0.15, 0.2) is 5.82 Å². The number of benzene rings is 1. The van der Waals surface area contributed by atoms with Crippen molar-refractivity contribution in [3.63, 3.8) is 0 Å². The van der Waals surface area contributed by atoms with Crippen LogP contribution in [0.15, 0.2) is 59.8 Å². The standard InChI is InChI=1S/C18H17N7O.C2HF3O2/c1-24(2)10-13-3-5-14(6-4-13)17-22-18(26-23-17)15-7-8-16(20-9-15)25-12-19-11-21-25;3-2(4,5)1(6)7/h3-9,11-12H,10H2,1-2H3;(H,6,7). The Morgan fingerprint density at radius 2 is 1.79 bits per heavy atom. The average Bonchev–Trinajstić information content (AvgIpc) is 3.46. The lowest BCUT2D eigenvalue weighted by Crippen LogP contribution is -2.21. The van der Waals surface area contributed by atoms with Gasteiger partial charge in [0.05, 0.1) is 5.56 Å². The molecule has 1 N–H and O–H groups in total. The summed E-state index contributed by atoms with van der Waals surface area (Å²) in [4.78, 5) is 23.7. The van der Waals surface area contributed by atoms with Gasteiger partial charge in [-0.15, -0.1) is 0 Å². The lowest BCUT2D eigenvalue weighted by Gasteiger charge is -2.09. The number of aromatic nitrogens is 6. The fraction of sp³-hybridized carbons (Fsp3) is 0.200. The van der Waals surface area contributed by atoms with Crippen LogP contribution >= 0.6 is 0 Å². The molecule has 0 unspecified atom stereocenters. The fourth-order valence-corrected chi connectivity index (χ4v) is 2.56. The quantitative estimate of drug-likeness (QED) is 0.478. The van der Waals surface area contributed by atoms with Gasteiger partial charge >= 0.3 is 12.1 Å². The number of pyridine rings is 1. The summed E-state index contributed by atoms with van der Waals surface area (Å²) in [6.45, 7) is 0.890. The Labute approximate surface area is 185 Å². The second-order valence-corrected chi connectivity index (χ2v) is 6.91. The van der Waals surface area contributed by atoms with Crippen LogP contribution in [0.1, 0.15) is 5.56 Å². The van der Waals surface area contributed by atoms with Gasteiger partial charge in [0.1, 0.15) is 12.7 Å². The maximum absolute atomic E-state index is 10.6. The van der Waals surface area contributed by atoms with E-state index in [2.05, 4.69) is 42.2 Å². The molecule has 4 rings (SSSR count). The van der Waals surface area contributed by atoms with E-state index in [4.69, 9.17) is 14.4 Å². The zero-order valence-electron chi connectivity index (χ0n) is 17.4. The van der Waals surface area contributed by atoms with Gasteiger partial charge in [0.2, 0.25) is 5.82 Å². The van der Waals surface area contributed by atoms with Crippen molar-refractivity contribution in [1.82, 2.24) is 34.8 Å². The minimum absolute atomic E-state index is 0.426. The molecule has 0 amide bonds. The van der Waals surface area contributed by atoms with E-state index in [9.17, 15) is 13.2 Å². The largest absolute Gasteiger partial charge is 0.490 e. The summed E-state index contributed by atoms with van der Waals surface area (Å²) < 4.78 is 38.7. The summed E-state index contributed by atoms with van der Waals surface area (Å²) in [7, 11) is 4.09. The molecule has 4 aromatic rings. The van der Waals surface area contributed by atoms with E-state index in [1.54, 1.807) is 17.2 Å². The first-order valence-corrected chi connectivity index (χ1v) is 9.33. The SMILES string of the molecule is CN(C)Cc1ccc(-c2noc(-c3ccc(-n4cncn4)nc3)n2)cc1.O=C(O)C(F)(F)F. The van der Waals surface area contributed by atoms with Gasteiger partial charge in [-0.25, -0.2) is 19.4 Å². The topological polar surface area (TPSA) is 123 Å². The van der Waals surface area contributed by atoms with E-state index in [0.29, 0.717) is 17.5 Å². The third-order valence-electron chi connectivity index (χ3n) is 4.03. The van der Waals surface area contributed by atoms with E-state index in [1.165, 1.54) is 11.9 Å². The number of aliphatic carboxylic acids is 1. The minimum atomic E-state index is -5.08. The molecule has 0 atom stereocenters. The van der Waals surface area contributed by atoms with E-state index < -0.39 is 12.1 Å². The highest BCUT2D eigenvalue weighted by Crippen LogP contribution is 2.22. The predicted molar refractivity (Wildman–Crippen MR) is 109 cm³/mol.